The lowest BCUT2D eigenvalue weighted by molar-refractivity contribution is -0.121. The molecular formula is C27H31F6N3O2. The lowest BCUT2D eigenvalue weighted by Gasteiger charge is -2.53. The lowest BCUT2D eigenvalue weighted by atomic mass is 9.53. The van der Waals surface area contributed by atoms with E-state index in [1.165, 1.54) is 11.0 Å². The molecule has 1 aromatic carbocycles. The van der Waals surface area contributed by atoms with E-state index < -0.39 is 34.8 Å². The Morgan fingerprint density at radius 1 is 1.03 bits per heavy atom. The zero-order valence-electron chi connectivity index (χ0n) is 21.2. The van der Waals surface area contributed by atoms with Crippen LogP contribution in [0.3, 0.4) is 0 Å². The summed E-state index contributed by atoms with van der Waals surface area (Å²) < 4.78 is 87.2. The average molecular weight is 544 g/mol. The van der Waals surface area contributed by atoms with Gasteiger partial charge in [0.2, 0.25) is 11.8 Å². The number of anilines is 1. The van der Waals surface area contributed by atoms with Gasteiger partial charge >= 0.3 is 5.92 Å². The number of rotatable bonds is 7. The molecule has 0 saturated heterocycles. The summed E-state index contributed by atoms with van der Waals surface area (Å²) in [7, 11) is 0. The number of carbonyl (C=O) groups excluding carboxylic acids is 1. The van der Waals surface area contributed by atoms with Crippen LogP contribution in [0.5, 0.6) is 0 Å². The van der Waals surface area contributed by atoms with Gasteiger partial charge in [0.05, 0.1) is 0 Å². The van der Waals surface area contributed by atoms with Crippen LogP contribution >= 0.6 is 0 Å². The molecule has 38 heavy (non-hydrogen) atoms. The molecule has 0 spiro atoms. The van der Waals surface area contributed by atoms with Crippen molar-refractivity contribution in [2.45, 2.75) is 94.8 Å². The van der Waals surface area contributed by atoms with Crippen molar-refractivity contribution in [2.75, 3.05) is 11.4 Å². The number of halogens is 6. The van der Waals surface area contributed by atoms with E-state index in [1.54, 1.807) is 0 Å². The van der Waals surface area contributed by atoms with Gasteiger partial charge in [0, 0.05) is 49.9 Å². The highest BCUT2D eigenvalue weighted by atomic mass is 19.3. The molecule has 0 radical (unpaired) electrons. The highest BCUT2D eigenvalue weighted by Crippen LogP contribution is 2.58. The maximum atomic E-state index is 14.2. The van der Waals surface area contributed by atoms with Crippen molar-refractivity contribution < 1.29 is 35.7 Å². The predicted molar refractivity (Wildman–Crippen MR) is 126 cm³/mol. The molecule has 11 heteroatoms. The first-order chi connectivity index (χ1) is 17.8. The zero-order chi connectivity index (χ0) is 27.3. The van der Waals surface area contributed by atoms with Crippen LogP contribution in [-0.2, 0) is 16.1 Å². The maximum Gasteiger partial charge on any atom is 0.322 e. The minimum absolute atomic E-state index is 0.0615. The van der Waals surface area contributed by atoms with Crippen molar-refractivity contribution in [2.24, 2.45) is 11.3 Å². The number of aromatic nitrogens is 2. The van der Waals surface area contributed by atoms with E-state index in [4.69, 9.17) is 4.52 Å². The summed E-state index contributed by atoms with van der Waals surface area (Å²) >= 11 is 0. The fourth-order valence-electron chi connectivity index (χ4n) is 6.43. The Morgan fingerprint density at radius 3 is 2.21 bits per heavy atom. The Bertz CT molecular complexity index is 1160. The highest BCUT2D eigenvalue weighted by Gasteiger charge is 2.53. The molecule has 5 nitrogen and oxygen atoms in total. The first kappa shape index (κ1) is 27.0. The van der Waals surface area contributed by atoms with Gasteiger partial charge in [-0.2, -0.15) is 13.8 Å². The van der Waals surface area contributed by atoms with E-state index in [0.717, 1.165) is 12.1 Å². The number of carbonyl (C=O) groups is 1. The smallest absolute Gasteiger partial charge is 0.322 e. The van der Waals surface area contributed by atoms with Gasteiger partial charge in [0.15, 0.2) is 17.5 Å². The molecule has 0 N–H and O–H groups in total. The fourth-order valence-corrected chi connectivity index (χ4v) is 6.43. The monoisotopic (exact) mass is 543 g/mol. The number of hydrogen-bond acceptors (Lipinski definition) is 4. The molecule has 0 aliphatic heterocycles. The molecule has 1 aromatic heterocycles. The van der Waals surface area contributed by atoms with E-state index in [0.29, 0.717) is 45.4 Å². The van der Waals surface area contributed by atoms with Crippen molar-refractivity contribution in [1.29, 1.82) is 0 Å². The quantitative estimate of drug-likeness (QED) is 0.344. The highest BCUT2D eigenvalue weighted by molar-refractivity contribution is 5.93. The second-order valence-electron chi connectivity index (χ2n) is 11.7. The van der Waals surface area contributed by atoms with Crippen LogP contribution in [0.1, 0.15) is 89.3 Å². The van der Waals surface area contributed by atoms with Gasteiger partial charge in [-0.15, -0.1) is 0 Å². The van der Waals surface area contributed by atoms with Crippen molar-refractivity contribution >= 4 is 11.6 Å². The zero-order valence-corrected chi connectivity index (χ0v) is 21.2. The minimum Gasteiger partial charge on any atom is -0.333 e. The predicted octanol–water partition coefficient (Wildman–Crippen LogP) is 7.30. The second-order valence-corrected chi connectivity index (χ2v) is 11.7. The Hall–Kier alpha value is -2.59. The number of benzene rings is 1. The number of amides is 1. The molecule has 4 aliphatic carbocycles. The molecule has 2 bridgehead atoms. The number of nitrogens with zero attached hydrogens (tertiary/aromatic N) is 3. The molecule has 1 amide bonds. The van der Waals surface area contributed by atoms with Crippen LogP contribution in [0.15, 0.2) is 22.7 Å². The van der Waals surface area contributed by atoms with E-state index in [1.807, 2.05) is 0 Å². The van der Waals surface area contributed by atoms with Crippen LogP contribution in [0.2, 0.25) is 0 Å². The summed E-state index contributed by atoms with van der Waals surface area (Å²) in [6.45, 7) is 0.984. The SMILES string of the molecule is CC(F)(F)c1nc(C23CCC(CN(C(=O)CC4CCC(F)(F)CC4)c4ccc(F)c(F)c4)(CC2)CC3)no1. The average Bonchev–Trinajstić information content (AvgIpc) is 3.39. The fraction of sp³-hybridized carbons (Fsp3) is 0.667. The first-order valence-electron chi connectivity index (χ1n) is 13.2. The summed E-state index contributed by atoms with van der Waals surface area (Å²) in [5.41, 5.74) is -0.540. The Labute approximate surface area is 217 Å². The molecule has 4 saturated carbocycles. The molecular weight excluding hydrogens is 512 g/mol. The standard InChI is InChI=1S/C27H31F6N3O2/c1-24(30,31)23-34-22(35-38-23)26-11-8-25(9-12-26,10-13-26)16-36(18-2-3-19(28)20(29)15-18)21(37)14-17-4-6-27(32,33)7-5-17/h2-3,15,17H,4-14,16H2,1H3. The van der Waals surface area contributed by atoms with E-state index >= 15 is 0 Å². The van der Waals surface area contributed by atoms with E-state index in [-0.39, 0.29) is 67.4 Å². The normalized spacial score (nSPS) is 27.4. The molecule has 1 heterocycles. The number of hydrogen-bond donors (Lipinski definition) is 0. The summed E-state index contributed by atoms with van der Waals surface area (Å²) in [6.07, 6.45) is 3.90. The topological polar surface area (TPSA) is 59.2 Å². The summed E-state index contributed by atoms with van der Waals surface area (Å²) in [5.74, 6) is -8.94. The Balaban J connectivity index is 1.33. The van der Waals surface area contributed by atoms with Gasteiger partial charge in [-0.25, -0.2) is 17.6 Å². The first-order valence-corrected chi connectivity index (χ1v) is 13.2. The van der Waals surface area contributed by atoms with Crippen molar-refractivity contribution in [1.82, 2.24) is 10.1 Å². The Morgan fingerprint density at radius 2 is 1.66 bits per heavy atom. The molecule has 4 fully saturated rings. The summed E-state index contributed by atoms with van der Waals surface area (Å²) in [6, 6.07) is 3.35. The van der Waals surface area contributed by atoms with Crippen LogP contribution in [0.4, 0.5) is 32.0 Å². The third kappa shape index (κ3) is 5.30. The number of fused-ring (bicyclic) bond motifs is 3. The van der Waals surface area contributed by atoms with Crippen LogP contribution < -0.4 is 4.90 Å². The third-order valence-electron chi connectivity index (χ3n) is 8.99. The van der Waals surface area contributed by atoms with Crippen LogP contribution in [-0.4, -0.2) is 28.5 Å². The molecule has 208 valence electrons. The van der Waals surface area contributed by atoms with Gasteiger partial charge < -0.3 is 9.42 Å². The Kier molecular flexibility index (Phi) is 6.79. The van der Waals surface area contributed by atoms with Crippen LogP contribution in [0.25, 0.3) is 0 Å². The van der Waals surface area contributed by atoms with Gasteiger partial charge in [0.1, 0.15) is 0 Å². The minimum atomic E-state index is -3.23. The van der Waals surface area contributed by atoms with Gasteiger partial charge in [-0.3, -0.25) is 4.79 Å². The maximum absolute atomic E-state index is 14.2. The van der Waals surface area contributed by atoms with E-state index in [9.17, 15) is 31.1 Å². The summed E-state index contributed by atoms with van der Waals surface area (Å²) in [4.78, 5) is 19.0. The summed E-state index contributed by atoms with van der Waals surface area (Å²) in [5, 5.41) is 3.87. The molecule has 6 rings (SSSR count). The van der Waals surface area contributed by atoms with Crippen LogP contribution in [0, 0.1) is 23.0 Å². The molecule has 0 unspecified atom stereocenters. The van der Waals surface area contributed by atoms with Crippen molar-refractivity contribution in [3.63, 3.8) is 0 Å². The molecule has 0 atom stereocenters. The van der Waals surface area contributed by atoms with Crippen molar-refractivity contribution in [3.8, 4) is 0 Å². The second kappa shape index (κ2) is 9.55. The van der Waals surface area contributed by atoms with Gasteiger partial charge in [0.25, 0.3) is 5.89 Å². The number of alkyl halides is 4. The lowest BCUT2D eigenvalue weighted by Crippen LogP contribution is -2.51. The van der Waals surface area contributed by atoms with Gasteiger partial charge in [-0.1, -0.05) is 5.16 Å². The largest absolute Gasteiger partial charge is 0.333 e. The molecule has 4 aliphatic rings. The van der Waals surface area contributed by atoms with E-state index in [2.05, 4.69) is 10.1 Å². The van der Waals surface area contributed by atoms with Crippen molar-refractivity contribution in [3.05, 3.63) is 41.5 Å². The third-order valence-corrected chi connectivity index (χ3v) is 8.99. The van der Waals surface area contributed by atoms with Gasteiger partial charge in [-0.05, 0) is 74.8 Å². The molecule has 2 aromatic rings.